The molecule has 1 aromatic heterocycles. The summed E-state index contributed by atoms with van der Waals surface area (Å²) in [6.45, 7) is 1.11. The Bertz CT molecular complexity index is 1210. The summed E-state index contributed by atoms with van der Waals surface area (Å²) < 4.78 is 24.0. The molecule has 1 aromatic carbocycles. The Morgan fingerprint density at radius 3 is 2.93 bits per heavy atom. The summed E-state index contributed by atoms with van der Waals surface area (Å²) in [7, 11) is -3.52. The second-order valence-electron chi connectivity index (χ2n) is 7.91. The standard InChI is InChI=1S/C20H22N6O3S/c21-10-13-9-16(12-5-6-12)18(15-4-1-3-14(13)15)24-20(27)25-30(22,28)17-11-23-26-7-2-8-29-19(17)26/h9,11-12H,1-8H2,(H3,22,24,25,27,28). The van der Waals surface area contributed by atoms with Gasteiger partial charge in [-0.2, -0.15) is 10.4 Å². The van der Waals surface area contributed by atoms with Gasteiger partial charge in [0, 0.05) is 18.7 Å². The Morgan fingerprint density at radius 1 is 1.37 bits per heavy atom. The molecule has 0 radical (unpaired) electrons. The number of nitrogens with zero attached hydrogens (tertiary/aromatic N) is 4. The molecule has 1 aliphatic heterocycles. The van der Waals surface area contributed by atoms with Crippen LogP contribution in [0.2, 0.25) is 0 Å². The fourth-order valence-electron chi connectivity index (χ4n) is 4.32. The normalized spacial score (nSPS) is 19.1. The highest BCUT2D eigenvalue weighted by Gasteiger charge is 2.32. The van der Waals surface area contributed by atoms with Crippen LogP contribution in [0, 0.1) is 11.3 Å². The van der Waals surface area contributed by atoms with Gasteiger partial charge in [0.2, 0.25) is 5.88 Å². The van der Waals surface area contributed by atoms with Crippen molar-refractivity contribution in [2.75, 3.05) is 11.9 Å². The number of carbonyl (C=O) groups is 1. The molecule has 0 saturated heterocycles. The number of ether oxygens (including phenoxy) is 1. The average molecular weight is 427 g/mol. The van der Waals surface area contributed by atoms with Crippen molar-refractivity contribution in [2.45, 2.75) is 55.9 Å². The maximum atomic E-state index is 13.1. The van der Waals surface area contributed by atoms with Crippen LogP contribution in [0.4, 0.5) is 10.5 Å². The molecule has 2 amide bonds. The zero-order valence-electron chi connectivity index (χ0n) is 16.4. The van der Waals surface area contributed by atoms with Crippen molar-refractivity contribution >= 4 is 21.6 Å². The highest BCUT2D eigenvalue weighted by molar-refractivity contribution is 7.91. The lowest BCUT2D eigenvalue weighted by Gasteiger charge is -2.17. The lowest BCUT2D eigenvalue weighted by atomic mass is 9.95. The summed E-state index contributed by atoms with van der Waals surface area (Å²) >= 11 is 0. The van der Waals surface area contributed by atoms with E-state index in [0.717, 1.165) is 55.2 Å². The van der Waals surface area contributed by atoms with Gasteiger partial charge in [0.15, 0.2) is 9.92 Å². The van der Waals surface area contributed by atoms with Crippen molar-refractivity contribution in [1.82, 2.24) is 9.78 Å². The summed E-state index contributed by atoms with van der Waals surface area (Å²) in [5.74, 6) is 0.639. The molecule has 0 spiro atoms. The topological polar surface area (TPSA) is 135 Å². The van der Waals surface area contributed by atoms with Crippen LogP contribution in [0.1, 0.15) is 53.9 Å². The van der Waals surface area contributed by atoms with Crippen LogP contribution in [-0.2, 0) is 29.3 Å². The molecule has 5 rings (SSSR count). The first-order valence-corrected chi connectivity index (χ1v) is 11.7. The van der Waals surface area contributed by atoms with Gasteiger partial charge < -0.3 is 10.1 Å². The summed E-state index contributed by atoms with van der Waals surface area (Å²) in [5.41, 5.74) is 4.34. The number of anilines is 1. The smallest absolute Gasteiger partial charge is 0.354 e. The molecule has 3 aliphatic rings. The molecule has 2 aromatic rings. The number of amides is 2. The van der Waals surface area contributed by atoms with Crippen LogP contribution in [-0.4, -0.2) is 26.6 Å². The predicted octanol–water partition coefficient (Wildman–Crippen LogP) is 2.84. The summed E-state index contributed by atoms with van der Waals surface area (Å²) in [5, 5.41) is 22.5. The van der Waals surface area contributed by atoms with Crippen LogP contribution in [0.25, 0.3) is 0 Å². The summed E-state index contributed by atoms with van der Waals surface area (Å²) in [6, 6.07) is 3.41. The van der Waals surface area contributed by atoms with E-state index in [1.165, 1.54) is 6.20 Å². The molecule has 3 N–H and O–H groups in total. The number of rotatable bonds is 3. The van der Waals surface area contributed by atoms with Crippen molar-refractivity contribution in [2.24, 2.45) is 9.50 Å². The van der Waals surface area contributed by atoms with Gasteiger partial charge in [-0.25, -0.2) is 18.8 Å². The van der Waals surface area contributed by atoms with E-state index in [1.807, 2.05) is 6.07 Å². The number of fused-ring (bicyclic) bond motifs is 2. The van der Waals surface area contributed by atoms with Crippen molar-refractivity contribution in [1.29, 1.82) is 5.26 Å². The molecule has 2 heterocycles. The van der Waals surface area contributed by atoms with E-state index in [-0.39, 0.29) is 4.90 Å². The number of carbonyl (C=O) groups excluding carboxylic acids is 1. The van der Waals surface area contributed by atoms with Crippen LogP contribution in [0.3, 0.4) is 0 Å². The van der Waals surface area contributed by atoms with Crippen LogP contribution < -0.4 is 15.2 Å². The number of urea groups is 1. The summed E-state index contributed by atoms with van der Waals surface area (Å²) in [6.07, 6.45) is 6.75. The molecule has 30 heavy (non-hydrogen) atoms. The largest absolute Gasteiger partial charge is 0.477 e. The minimum Gasteiger partial charge on any atom is -0.477 e. The molecule has 1 atom stereocenters. The van der Waals surface area contributed by atoms with Crippen LogP contribution >= 0.6 is 0 Å². The van der Waals surface area contributed by atoms with E-state index < -0.39 is 15.9 Å². The second kappa shape index (κ2) is 7.11. The lowest BCUT2D eigenvalue weighted by molar-refractivity contribution is 0.224. The Balaban J connectivity index is 1.50. The maximum Gasteiger partial charge on any atom is 0.354 e. The van der Waals surface area contributed by atoms with E-state index in [9.17, 15) is 14.3 Å². The number of hydrogen-bond donors (Lipinski definition) is 2. The van der Waals surface area contributed by atoms with E-state index in [2.05, 4.69) is 20.8 Å². The number of nitrogens with one attached hydrogen (secondary N) is 1. The molecule has 9 nitrogen and oxygen atoms in total. The van der Waals surface area contributed by atoms with Gasteiger partial charge in [-0.05, 0) is 60.8 Å². The first-order chi connectivity index (χ1) is 14.5. The van der Waals surface area contributed by atoms with Crippen molar-refractivity contribution in [3.63, 3.8) is 0 Å². The fraction of sp³-hybridized carbons (Fsp3) is 0.450. The average Bonchev–Trinajstić information content (AvgIpc) is 3.26. The van der Waals surface area contributed by atoms with Crippen molar-refractivity contribution < 1.29 is 13.7 Å². The number of benzene rings is 1. The molecule has 10 heteroatoms. The molecule has 156 valence electrons. The van der Waals surface area contributed by atoms with E-state index >= 15 is 0 Å². The van der Waals surface area contributed by atoms with Gasteiger partial charge >= 0.3 is 6.03 Å². The minimum absolute atomic E-state index is 0.129. The van der Waals surface area contributed by atoms with E-state index in [0.29, 0.717) is 36.2 Å². The number of aromatic nitrogens is 2. The van der Waals surface area contributed by atoms with Gasteiger partial charge in [-0.3, -0.25) is 0 Å². The van der Waals surface area contributed by atoms with Gasteiger partial charge in [-0.1, -0.05) is 0 Å². The maximum absolute atomic E-state index is 13.1. The zero-order valence-corrected chi connectivity index (χ0v) is 17.2. The van der Waals surface area contributed by atoms with E-state index in [4.69, 9.17) is 9.88 Å². The van der Waals surface area contributed by atoms with E-state index in [1.54, 1.807) is 4.68 Å². The lowest BCUT2D eigenvalue weighted by Crippen LogP contribution is -2.21. The van der Waals surface area contributed by atoms with Gasteiger partial charge in [0.1, 0.15) is 4.90 Å². The third-order valence-corrected chi connectivity index (χ3v) is 7.20. The quantitative estimate of drug-likeness (QED) is 0.778. The number of nitrogens with two attached hydrogens (primary N) is 1. The molecule has 2 aliphatic carbocycles. The van der Waals surface area contributed by atoms with Gasteiger partial charge in [0.25, 0.3) is 0 Å². The van der Waals surface area contributed by atoms with Crippen LogP contribution in [0.5, 0.6) is 5.88 Å². The minimum atomic E-state index is -3.52. The third-order valence-electron chi connectivity index (χ3n) is 5.85. The molecular formula is C20H22N6O3S. The first-order valence-electron chi connectivity index (χ1n) is 10.1. The number of hydrogen-bond acceptors (Lipinski definition) is 5. The SMILES string of the molecule is N#Cc1cc(C2CC2)c(NC(=O)N=S(N)(=O)c2cnn3c2OCCC3)c2c1CCC2. The molecule has 1 saturated carbocycles. The fourth-order valence-corrected chi connectivity index (χ4v) is 5.32. The van der Waals surface area contributed by atoms with Gasteiger partial charge in [-0.15, -0.1) is 4.36 Å². The molecular weight excluding hydrogens is 404 g/mol. The monoisotopic (exact) mass is 426 g/mol. The second-order valence-corrected chi connectivity index (χ2v) is 9.67. The number of aryl methyl sites for hydroxylation is 1. The predicted molar refractivity (Wildman–Crippen MR) is 110 cm³/mol. The Kier molecular flexibility index (Phi) is 4.52. The van der Waals surface area contributed by atoms with Crippen molar-refractivity contribution in [3.05, 3.63) is 34.5 Å². The Hall–Kier alpha value is -2.90. The van der Waals surface area contributed by atoms with Gasteiger partial charge in [0.05, 0.1) is 24.4 Å². The zero-order chi connectivity index (χ0) is 20.9. The molecule has 1 fully saturated rings. The van der Waals surface area contributed by atoms with Crippen LogP contribution in [0.15, 0.2) is 21.5 Å². The molecule has 1 unspecified atom stereocenters. The highest BCUT2D eigenvalue weighted by Crippen LogP contribution is 2.47. The first kappa shape index (κ1) is 19.1. The Labute approximate surface area is 174 Å². The summed E-state index contributed by atoms with van der Waals surface area (Å²) in [4.78, 5) is 12.9. The molecule has 0 bridgehead atoms. The number of nitriles is 1. The Morgan fingerprint density at radius 2 is 2.17 bits per heavy atom. The third kappa shape index (κ3) is 3.24. The highest BCUT2D eigenvalue weighted by atomic mass is 32.2. The van der Waals surface area contributed by atoms with Crippen molar-refractivity contribution in [3.8, 4) is 11.9 Å².